The third-order valence-corrected chi connectivity index (χ3v) is 3.73. The SMILES string of the molecule is CC1(C)CCCC1NC(=O)C1=NNC(=O)CC1. The van der Waals surface area contributed by atoms with E-state index in [1.165, 1.54) is 0 Å². The van der Waals surface area contributed by atoms with Gasteiger partial charge in [0.15, 0.2) is 0 Å². The Morgan fingerprint density at radius 3 is 2.76 bits per heavy atom. The van der Waals surface area contributed by atoms with Crippen molar-refractivity contribution < 1.29 is 9.59 Å². The van der Waals surface area contributed by atoms with Crippen LogP contribution in [0.15, 0.2) is 5.10 Å². The first kappa shape index (κ1) is 12.1. The van der Waals surface area contributed by atoms with Gasteiger partial charge in [-0.3, -0.25) is 9.59 Å². The largest absolute Gasteiger partial charge is 0.348 e. The van der Waals surface area contributed by atoms with E-state index in [-0.39, 0.29) is 23.3 Å². The number of nitrogens with one attached hydrogen (secondary N) is 2. The van der Waals surface area contributed by atoms with E-state index in [1.807, 2.05) is 0 Å². The zero-order chi connectivity index (χ0) is 12.5. The minimum Gasteiger partial charge on any atom is -0.348 e. The standard InChI is InChI=1S/C12H19N3O2/c1-12(2)7-3-4-9(12)13-11(17)8-5-6-10(16)15-14-8/h9H,3-7H2,1-2H3,(H,13,17)(H,15,16). The minimum absolute atomic E-state index is 0.122. The van der Waals surface area contributed by atoms with Crippen molar-refractivity contribution in [2.75, 3.05) is 0 Å². The van der Waals surface area contributed by atoms with Gasteiger partial charge in [0.05, 0.1) is 0 Å². The van der Waals surface area contributed by atoms with E-state index in [0.29, 0.717) is 18.6 Å². The number of amides is 2. The van der Waals surface area contributed by atoms with Gasteiger partial charge in [-0.2, -0.15) is 5.10 Å². The molecule has 1 aliphatic heterocycles. The van der Waals surface area contributed by atoms with Crippen LogP contribution in [-0.4, -0.2) is 23.6 Å². The van der Waals surface area contributed by atoms with Crippen LogP contribution in [0.25, 0.3) is 0 Å². The lowest BCUT2D eigenvalue weighted by Gasteiger charge is -2.28. The molecule has 1 unspecified atom stereocenters. The monoisotopic (exact) mass is 237 g/mol. The summed E-state index contributed by atoms with van der Waals surface area (Å²) in [6.07, 6.45) is 4.10. The Labute approximate surface area is 101 Å². The van der Waals surface area contributed by atoms with Gasteiger partial charge < -0.3 is 5.32 Å². The van der Waals surface area contributed by atoms with Gasteiger partial charge in [-0.05, 0) is 18.3 Å². The van der Waals surface area contributed by atoms with E-state index in [2.05, 4.69) is 29.7 Å². The van der Waals surface area contributed by atoms with Crippen LogP contribution in [0.5, 0.6) is 0 Å². The second kappa shape index (κ2) is 4.47. The molecule has 0 saturated heterocycles. The highest BCUT2D eigenvalue weighted by molar-refractivity contribution is 6.39. The molecule has 17 heavy (non-hydrogen) atoms. The average Bonchev–Trinajstić information content (AvgIpc) is 2.59. The maximum absolute atomic E-state index is 12.0. The Bertz CT molecular complexity index is 374. The molecule has 1 heterocycles. The normalized spacial score (nSPS) is 27.3. The van der Waals surface area contributed by atoms with Gasteiger partial charge in [-0.25, -0.2) is 5.43 Å². The summed E-state index contributed by atoms with van der Waals surface area (Å²) in [5, 5.41) is 6.84. The lowest BCUT2D eigenvalue weighted by atomic mass is 9.87. The molecule has 0 aromatic heterocycles. The van der Waals surface area contributed by atoms with Crippen LogP contribution in [-0.2, 0) is 9.59 Å². The molecular formula is C12H19N3O2. The van der Waals surface area contributed by atoms with Crippen LogP contribution in [0.2, 0.25) is 0 Å². The first-order valence-corrected chi connectivity index (χ1v) is 6.15. The van der Waals surface area contributed by atoms with Gasteiger partial charge in [0, 0.05) is 18.9 Å². The maximum atomic E-state index is 12.0. The maximum Gasteiger partial charge on any atom is 0.267 e. The van der Waals surface area contributed by atoms with Crippen molar-refractivity contribution in [1.29, 1.82) is 0 Å². The number of rotatable bonds is 2. The summed E-state index contributed by atoms with van der Waals surface area (Å²) >= 11 is 0. The van der Waals surface area contributed by atoms with E-state index in [1.54, 1.807) is 0 Å². The summed E-state index contributed by atoms with van der Waals surface area (Å²) in [7, 11) is 0. The topological polar surface area (TPSA) is 70.6 Å². The highest BCUT2D eigenvalue weighted by atomic mass is 16.2. The zero-order valence-electron chi connectivity index (χ0n) is 10.4. The highest BCUT2D eigenvalue weighted by Gasteiger charge is 2.36. The van der Waals surface area contributed by atoms with Gasteiger partial charge in [0.1, 0.15) is 5.71 Å². The van der Waals surface area contributed by atoms with E-state index < -0.39 is 0 Å². The van der Waals surface area contributed by atoms with Crippen molar-refractivity contribution in [1.82, 2.24) is 10.7 Å². The molecule has 1 saturated carbocycles. The Morgan fingerprint density at radius 1 is 1.47 bits per heavy atom. The number of hydrogen-bond donors (Lipinski definition) is 2. The summed E-state index contributed by atoms with van der Waals surface area (Å²) in [5.41, 5.74) is 2.94. The number of nitrogens with zero attached hydrogens (tertiary/aromatic N) is 1. The molecule has 0 spiro atoms. The highest BCUT2D eigenvalue weighted by Crippen LogP contribution is 2.37. The van der Waals surface area contributed by atoms with Crippen LogP contribution < -0.4 is 10.7 Å². The molecule has 2 rings (SSSR count). The molecular weight excluding hydrogens is 218 g/mol. The van der Waals surface area contributed by atoms with Crippen LogP contribution in [0.3, 0.4) is 0 Å². The Balaban J connectivity index is 1.95. The Kier molecular flexibility index (Phi) is 3.17. The molecule has 0 bridgehead atoms. The molecule has 0 aromatic rings. The fourth-order valence-electron chi connectivity index (χ4n) is 2.47. The average molecular weight is 237 g/mol. The van der Waals surface area contributed by atoms with E-state index >= 15 is 0 Å². The van der Waals surface area contributed by atoms with Crippen molar-refractivity contribution in [3.8, 4) is 0 Å². The first-order chi connectivity index (χ1) is 7.99. The zero-order valence-corrected chi connectivity index (χ0v) is 10.4. The fourth-order valence-corrected chi connectivity index (χ4v) is 2.47. The summed E-state index contributed by atoms with van der Waals surface area (Å²) in [4.78, 5) is 22.9. The third kappa shape index (κ3) is 2.65. The summed E-state index contributed by atoms with van der Waals surface area (Å²) in [5.74, 6) is -0.257. The number of carbonyl (C=O) groups excluding carboxylic acids is 2. The minimum atomic E-state index is -0.134. The van der Waals surface area contributed by atoms with Gasteiger partial charge in [-0.1, -0.05) is 20.3 Å². The Hall–Kier alpha value is -1.39. The third-order valence-electron chi connectivity index (χ3n) is 3.73. The van der Waals surface area contributed by atoms with E-state index in [9.17, 15) is 9.59 Å². The van der Waals surface area contributed by atoms with Crippen LogP contribution in [0.4, 0.5) is 0 Å². The quantitative estimate of drug-likeness (QED) is 0.750. The predicted octanol–water partition coefficient (Wildman–Crippen LogP) is 0.947. The van der Waals surface area contributed by atoms with Crippen molar-refractivity contribution in [3.63, 3.8) is 0 Å². The number of carbonyl (C=O) groups is 2. The lowest BCUT2D eigenvalue weighted by molar-refractivity contribution is -0.121. The smallest absolute Gasteiger partial charge is 0.267 e. The van der Waals surface area contributed by atoms with E-state index in [4.69, 9.17) is 0 Å². The first-order valence-electron chi connectivity index (χ1n) is 6.15. The predicted molar refractivity (Wildman–Crippen MR) is 64.4 cm³/mol. The van der Waals surface area contributed by atoms with Crippen molar-refractivity contribution in [2.45, 2.75) is 52.0 Å². The molecule has 2 amide bonds. The molecule has 1 fully saturated rings. The van der Waals surface area contributed by atoms with Gasteiger partial charge in [0.25, 0.3) is 5.91 Å². The second-order valence-corrected chi connectivity index (χ2v) is 5.50. The molecule has 5 heteroatoms. The molecule has 2 N–H and O–H groups in total. The van der Waals surface area contributed by atoms with E-state index in [0.717, 1.165) is 19.3 Å². The summed E-state index contributed by atoms with van der Waals surface area (Å²) in [6, 6.07) is 0.218. The fraction of sp³-hybridized carbons (Fsp3) is 0.750. The Morgan fingerprint density at radius 2 is 2.24 bits per heavy atom. The number of hydrogen-bond acceptors (Lipinski definition) is 3. The van der Waals surface area contributed by atoms with Crippen molar-refractivity contribution in [2.24, 2.45) is 10.5 Å². The van der Waals surface area contributed by atoms with Gasteiger partial charge >= 0.3 is 0 Å². The molecule has 5 nitrogen and oxygen atoms in total. The lowest BCUT2D eigenvalue weighted by Crippen LogP contribution is -2.46. The van der Waals surface area contributed by atoms with Gasteiger partial charge in [-0.15, -0.1) is 0 Å². The van der Waals surface area contributed by atoms with Crippen molar-refractivity contribution >= 4 is 17.5 Å². The van der Waals surface area contributed by atoms with Crippen LogP contribution in [0, 0.1) is 5.41 Å². The van der Waals surface area contributed by atoms with Crippen molar-refractivity contribution in [3.05, 3.63) is 0 Å². The molecule has 94 valence electrons. The molecule has 0 radical (unpaired) electrons. The van der Waals surface area contributed by atoms with Crippen LogP contribution in [0.1, 0.15) is 46.0 Å². The second-order valence-electron chi connectivity index (χ2n) is 5.50. The summed E-state index contributed by atoms with van der Waals surface area (Å²) < 4.78 is 0. The molecule has 1 aliphatic carbocycles. The number of hydrazone groups is 1. The molecule has 1 atom stereocenters. The molecule has 0 aromatic carbocycles. The van der Waals surface area contributed by atoms with Gasteiger partial charge in [0.2, 0.25) is 5.91 Å². The van der Waals surface area contributed by atoms with Crippen LogP contribution >= 0.6 is 0 Å². The summed E-state index contributed by atoms with van der Waals surface area (Å²) in [6.45, 7) is 4.35. The molecule has 2 aliphatic rings.